The van der Waals surface area contributed by atoms with Gasteiger partial charge in [0.1, 0.15) is 0 Å². The minimum atomic E-state index is -3.06. The minimum absolute atomic E-state index is 0.0198. The number of nitrogens with zero attached hydrogens (tertiary/aromatic N) is 1. The molecule has 0 unspecified atom stereocenters. The van der Waals surface area contributed by atoms with Crippen LogP contribution in [0.5, 0.6) is 0 Å². The molecule has 1 aliphatic carbocycles. The first-order valence-corrected chi connectivity index (χ1v) is 9.93. The molecule has 0 aromatic heterocycles. The van der Waals surface area contributed by atoms with E-state index in [1.807, 2.05) is 12.1 Å². The number of rotatable bonds is 4. The van der Waals surface area contributed by atoms with Crippen LogP contribution >= 0.6 is 0 Å². The highest BCUT2D eigenvalue weighted by atomic mass is 32.2. The summed E-state index contributed by atoms with van der Waals surface area (Å²) < 4.78 is 28.1. The molecule has 0 saturated carbocycles. The Balaban J connectivity index is 1.55. The lowest BCUT2D eigenvalue weighted by atomic mass is 10.1. The van der Waals surface area contributed by atoms with Gasteiger partial charge in [-0.25, -0.2) is 13.2 Å². The van der Waals surface area contributed by atoms with E-state index in [4.69, 9.17) is 4.74 Å². The highest BCUT2D eigenvalue weighted by molar-refractivity contribution is 7.91. The van der Waals surface area contributed by atoms with Crippen molar-refractivity contribution >= 4 is 21.7 Å². The Morgan fingerprint density at radius 1 is 1.25 bits per heavy atom. The molecule has 1 saturated heterocycles. The number of fused-ring (bicyclic) bond motifs is 1. The highest BCUT2D eigenvalue weighted by Gasteiger charge is 2.33. The first kappa shape index (κ1) is 17.0. The molecule has 1 aromatic rings. The molecule has 1 aromatic carbocycles. The maximum absolute atomic E-state index is 12.1. The van der Waals surface area contributed by atoms with Crippen molar-refractivity contribution in [1.82, 2.24) is 4.90 Å². The molecule has 0 spiro atoms. The number of ether oxygens (including phenoxy) is 1. The molecule has 1 atom stereocenters. The predicted octanol–water partition coefficient (Wildman–Crippen LogP) is 0.978. The molecule has 0 N–H and O–H groups in total. The molecule has 24 heavy (non-hydrogen) atoms. The number of benzene rings is 1. The fourth-order valence-electron chi connectivity index (χ4n) is 3.30. The summed E-state index contributed by atoms with van der Waals surface area (Å²) in [5.74, 6) is -0.824. The second kappa shape index (κ2) is 6.55. The Kier molecular flexibility index (Phi) is 4.62. The molecule has 130 valence electrons. The maximum Gasteiger partial charge on any atom is 0.338 e. The van der Waals surface area contributed by atoms with Crippen molar-refractivity contribution in [2.45, 2.75) is 31.7 Å². The van der Waals surface area contributed by atoms with Gasteiger partial charge in [-0.15, -0.1) is 0 Å². The summed E-state index contributed by atoms with van der Waals surface area (Å²) in [6.45, 7) is -0.372. The second-order valence-corrected chi connectivity index (χ2v) is 8.70. The van der Waals surface area contributed by atoms with Gasteiger partial charge in [0.05, 0.1) is 17.1 Å². The van der Waals surface area contributed by atoms with Gasteiger partial charge in [0.25, 0.3) is 5.91 Å². The molecule has 2 aliphatic rings. The van der Waals surface area contributed by atoms with Crippen molar-refractivity contribution in [3.8, 4) is 0 Å². The quantitative estimate of drug-likeness (QED) is 0.756. The average molecular weight is 351 g/mol. The first-order chi connectivity index (χ1) is 11.4. The zero-order valence-electron chi connectivity index (χ0n) is 13.7. The van der Waals surface area contributed by atoms with E-state index in [-0.39, 0.29) is 30.1 Å². The number of hydrogen-bond acceptors (Lipinski definition) is 5. The average Bonchev–Trinajstić information content (AvgIpc) is 3.16. The number of hydrogen-bond donors (Lipinski definition) is 0. The monoisotopic (exact) mass is 351 g/mol. The van der Waals surface area contributed by atoms with Gasteiger partial charge in [-0.3, -0.25) is 4.79 Å². The highest BCUT2D eigenvalue weighted by Crippen LogP contribution is 2.23. The van der Waals surface area contributed by atoms with E-state index in [0.29, 0.717) is 12.0 Å². The third-order valence-electron chi connectivity index (χ3n) is 4.81. The van der Waals surface area contributed by atoms with Gasteiger partial charge in [-0.2, -0.15) is 0 Å². The molecule has 1 heterocycles. The zero-order valence-corrected chi connectivity index (χ0v) is 14.5. The first-order valence-electron chi connectivity index (χ1n) is 8.11. The summed E-state index contributed by atoms with van der Waals surface area (Å²) in [5.41, 5.74) is 2.89. The van der Waals surface area contributed by atoms with Crippen LogP contribution in [0.15, 0.2) is 18.2 Å². The number of carbonyl (C=O) groups excluding carboxylic acids is 2. The molecular formula is C17H21NO5S. The van der Waals surface area contributed by atoms with E-state index >= 15 is 0 Å². The molecule has 1 amide bonds. The van der Waals surface area contributed by atoms with Crippen LogP contribution in [0.25, 0.3) is 0 Å². The smallest absolute Gasteiger partial charge is 0.338 e. The summed E-state index contributed by atoms with van der Waals surface area (Å²) in [6.07, 6.45) is 3.54. The Hall–Kier alpha value is -1.89. The van der Waals surface area contributed by atoms with Crippen molar-refractivity contribution in [2.75, 3.05) is 25.2 Å². The van der Waals surface area contributed by atoms with Gasteiger partial charge in [0.15, 0.2) is 16.4 Å². The molecular weight excluding hydrogens is 330 g/mol. The van der Waals surface area contributed by atoms with E-state index in [9.17, 15) is 18.0 Å². The van der Waals surface area contributed by atoms with E-state index in [1.165, 1.54) is 16.0 Å². The lowest BCUT2D eigenvalue weighted by Crippen LogP contribution is -2.40. The number of amides is 1. The number of sulfone groups is 1. The third kappa shape index (κ3) is 3.61. The normalized spacial score (nSPS) is 21.3. The summed E-state index contributed by atoms with van der Waals surface area (Å²) in [7, 11) is -1.50. The standard InChI is InChI=1S/C17H21NO5S/c1-18(15-7-8-24(21,22)11-15)16(19)10-23-17(20)14-6-5-12-3-2-4-13(12)9-14/h5-6,9,15H,2-4,7-8,10-11H2,1H3/t15-/m0/s1. The van der Waals surface area contributed by atoms with Gasteiger partial charge >= 0.3 is 5.97 Å². The minimum Gasteiger partial charge on any atom is -0.452 e. The largest absolute Gasteiger partial charge is 0.452 e. The number of likely N-dealkylation sites (N-methyl/N-ethyl adjacent to an activating group) is 1. The SMILES string of the molecule is CN(C(=O)COC(=O)c1ccc2c(c1)CCC2)[C@H]1CCS(=O)(=O)C1. The lowest BCUT2D eigenvalue weighted by Gasteiger charge is -2.23. The van der Waals surface area contributed by atoms with Crippen LogP contribution in [0.4, 0.5) is 0 Å². The van der Waals surface area contributed by atoms with Crippen molar-refractivity contribution in [3.63, 3.8) is 0 Å². The van der Waals surface area contributed by atoms with Gasteiger partial charge in [0, 0.05) is 13.1 Å². The van der Waals surface area contributed by atoms with Crippen LogP contribution in [0, 0.1) is 0 Å². The van der Waals surface area contributed by atoms with E-state index < -0.39 is 15.8 Å². The van der Waals surface area contributed by atoms with Gasteiger partial charge in [-0.1, -0.05) is 6.07 Å². The van der Waals surface area contributed by atoms with E-state index in [1.54, 1.807) is 13.1 Å². The lowest BCUT2D eigenvalue weighted by molar-refractivity contribution is -0.134. The topological polar surface area (TPSA) is 80.8 Å². The molecule has 7 heteroatoms. The van der Waals surface area contributed by atoms with Crippen molar-refractivity contribution < 1.29 is 22.7 Å². The van der Waals surface area contributed by atoms with Crippen LogP contribution in [0.3, 0.4) is 0 Å². The Bertz CT molecular complexity index is 771. The summed E-state index contributed by atoms with van der Waals surface area (Å²) in [4.78, 5) is 25.6. The van der Waals surface area contributed by atoms with Gasteiger partial charge in [-0.05, 0) is 48.9 Å². The third-order valence-corrected chi connectivity index (χ3v) is 6.56. The Labute approximate surface area is 141 Å². The predicted molar refractivity (Wildman–Crippen MR) is 88.6 cm³/mol. The fourth-order valence-corrected chi connectivity index (χ4v) is 5.07. The van der Waals surface area contributed by atoms with Gasteiger partial charge in [0.2, 0.25) is 0 Å². The molecule has 1 aliphatic heterocycles. The van der Waals surface area contributed by atoms with Crippen molar-refractivity contribution in [3.05, 3.63) is 34.9 Å². The summed E-state index contributed by atoms with van der Waals surface area (Å²) >= 11 is 0. The molecule has 0 bridgehead atoms. The summed E-state index contributed by atoms with van der Waals surface area (Å²) in [5, 5.41) is 0. The molecule has 1 fully saturated rings. The zero-order chi connectivity index (χ0) is 17.3. The fraction of sp³-hybridized carbons (Fsp3) is 0.529. The van der Waals surface area contributed by atoms with E-state index in [0.717, 1.165) is 19.3 Å². The second-order valence-electron chi connectivity index (χ2n) is 6.47. The van der Waals surface area contributed by atoms with Crippen LogP contribution < -0.4 is 0 Å². The van der Waals surface area contributed by atoms with Crippen LogP contribution in [0.2, 0.25) is 0 Å². The number of esters is 1. The maximum atomic E-state index is 12.1. The summed E-state index contributed by atoms with van der Waals surface area (Å²) in [6, 6.07) is 5.17. The molecule has 3 rings (SSSR count). The van der Waals surface area contributed by atoms with Crippen LogP contribution in [-0.2, 0) is 32.2 Å². The number of aryl methyl sites for hydroxylation is 2. The van der Waals surface area contributed by atoms with Crippen LogP contribution in [-0.4, -0.2) is 56.4 Å². The van der Waals surface area contributed by atoms with E-state index in [2.05, 4.69) is 0 Å². The van der Waals surface area contributed by atoms with Gasteiger partial charge < -0.3 is 9.64 Å². The Morgan fingerprint density at radius 3 is 2.71 bits per heavy atom. The molecule has 0 radical (unpaired) electrons. The number of carbonyl (C=O) groups is 2. The van der Waals surface area contributed by atoms with Crippen molar-refractivity contribution in [2.24, 2.45) is 0 Å². The Morgan fingerprint density at radius 2 is 2.00 bits per heavy atom. The molecule has 6 nitrogen and oxygen atoms in total. The van der Waals surface area contributed by atoms with Crippen molar-refractivity contribution in [1.29, 1.82) is 0 Å². The van der Waals surface area contributed by atoms with Crippen LogP contribution in [0.1, 0.15) is 34.3 Å².